The van der Waals surface area contributed by atoms with Gasteiger partial charge >= 0.3 is 0 Å². The van der Waals surface area contributed by atoms with Crippen LogP contribution >= 0.6 is 67.0 Å². The highest BCUT2D eigenvalue weighted by molar-refractivity contribution is 9.13. The van der Waals surface area contributed by atoms with Crippen LogP contribution in [0.15, 0.2) is 38.6 Å². The van der Waals surface area contributed by atoms with Gasteiger partial charge in [0.2, 0.25) is 0 Å². The number of carbonyl (C=O) groups is 1. The molecule has 21 heavy (non-hydrogen) atoms. The number of hydrogen-bond donors (Lipinski definition) is 3. The Hall–Kier alpha value is -0.670. The molecule has 1 aromatic heterocycles. The number of rotatable bonds is 2. The molecule has 0 aliphatic rings. The van der Waals surface area contributed by atoms with Crippen LogP contribution in [0.1, 0.15) is 9.67 Å². The number of hydrogen-bond acceptors (Lipinski definition) is 3. The largest absolute Gasteiger partial charge is 0.331 e. The van der Waals surface area contributed by atoms with Gasteiger partial charge in [0.25, 0.3) is 5.91 Å². The van der Waals surface area contributed by atoms with Crippen molar-refractivity contribution in [3.8, 4) is 0 Å². The Bertz CT molecular complexity index is 673. The lowest BCUT2D eigenvalue weighted by Gasteiger charge is -2.11. The van der Waals surface area contributed by atoms with E-state index in [1.165, 1.54) is 11.3 Å². The molecule has 1 amide bonds. The van der Waals surface area contributed by atoms with Crippen molar-refractivity contribution in [1.82, 2.24) is 10.9 Å². The molecule has 3 N–H and O–H groups in total. The summed E-state index contributed by atoms with van der Waals surface area (Å²) >= 11 is 18.9. The van der Waals surface area contributed by atoms with Gasteiger partial charge in [0.05, 0.1) is 8.66 Å². The first kappa shape index (κ1) is 16.7. The van der Waals surface area contributed by atoms with Gasteiger partial charge in [0, 0.05) is 15.2 Å². The number of nitrogens with one attached hydrogen (secondary N) is 3. The van der Waals surface area contributed by atoms with Crippen LogP contribution in [-0.4, -0.2) is 11.0 Å². The van der Waals surface area contributed by atoms with Gasteiger partial charge in [-0.15, -0.1) is 11.3 Å². The third-order valence-corrected chi connectivity index (χ3v) is 5.94. The second-order valence-electron chi connectivity index (χ2n) is 3.78. The number of hydrazine groups is 1. The van der Waals surface area contributed by atoms with E-state index in [2.05, 4.69) is 48.0 Å². The summed E-state index contributed by atoms with van der Waals surface area (Å²) in [4.78, 5) is 12.5. The topological polar surface area (TPSA) is 53.2 Å². The van der Waals surface area contributed by atoms with E-state index in [1.807, 2.05) is 6.07 Å². The van der Waals surface area contributed by atoms with Crippen LogP contribution in [-0.2, 0) is 0 Å². The minimum Gasteiger partial charge on any atom is -0.331 e. The van der Waals surface area contributed by atoms with Gasteiger partial charge in [-0.05, 0) is 68.3 Å². The van der Waals surface area contributed by atoms with Crippen LogP contribution in [0.2, 0.25) is 5.02 Å². The third-order valence-electron chi connectivity index (χ3n) is 2.24. The van der Waals surface area contributed by atoms with Gasteiger partial charge in [-0.2, -0.15) is 0 Å². The first-order valence-corrected chi connectivity index (χ1v) is 8.72. The predicted molar refractivity (Wildman–Crippen MR) is 98.0 cm³/mol. The van der Waals surface area contributed by atoms with Crippen LogP contribution in [0, 0.1) is 0 Å². The average Bonchev–Trinajstić information content (AvgIpc) is 2.76. The lowest BCUT2D eigenvalue weighted by Crippen LogP contribution is -2.43. The summed E-state index contributed by atoms with van der Waals surface area (Å²) in [6.45, 7) is 0. The Kier molecular flexibility index (Phi) is 6.00. The quantitative estimate of drug-likeness (QED) is 0.446. The molecular formula is C12H8Br2ClN3OS2. The van der Waals surface area contributed by atoms with E-state index in [4.69, 9.17) is 23.8 Å². The normalized spacial score (nSPS) is 10.0. The number of halogens is 3. The number of carbonyl (C=O) groups excluding carboxylic acids is 1. The SMILES string of the molecule is O=C(NNC(=S)Nc1cccc(Cl)c1)c1cc(Br)c(Br)s1. The minimum absolute atomic E-state index is 0.264. The van der Waals surface area contributed by atoms with E-state index >= 15 is 0 Å². The molecule has 0 radical (unpaired) electrons. The van der Waals surface area contributed by atoms with Crippen LogP contribution in [0.3, 0.4) is 0 Å². The fraction of sp³-hybridized carbons (Fsp3) is 0. The molecule has 110 valence electrons. The molecular weight excluding hydrogens is 462 g/mol. The van der Waals surface area contributed by atoms with Gasteiger partial charge in [0.15, 0.2) is 5.11 Å². The van der Waals surface area contributed by atoms with E-state index in [9.17, 15) is 4.79 Å². The third kappa shape index (κ3) is 4.93. The molecule has 1 aromatic carbocycles. The molecule has 0 unspecified atom stereocenters. The summed E-state index contributed by atoms with van der Waals surface area (Å²) in [5.74, 6) is -0.276. The molecule has 4 nitrogen and oxygen atoms in total. The lowest BCUT2D eigenvalue weighted by molar-refractivity contribution is 0.0948. The highest BCUT2D eigenvalue weighted by Crippen LogP contribution is 2.32. The maximum Gasteiger partial charge on any atom is 0.279 e. The monoisotopic (exact) mass is 467 g/mol. The van der Waals surface area contributed by atoms with Crippen molar-refractivity contribution >= 4 is 83.7 Å². The van der Waals surface area contributed by atoms with Crippen molar-refractivity contribution in [1.29, 1.82) is 0 Å². The minimum atomic E-state index is -0.276. The van der Waals surface area contributed by atoms with Crippen molar-refractivity contribution in [2.45, 2.75) is 0 Å². The molecule has 2 rings (SSSR count). The maximum atomic E-state index is 11.9. The number of amides is 1. The maximum absolute atomic E-state index is 11.9. The molecule has 0 saturated carbocycles. The van der Waals surface area contributed by atoms with Gasteiger partial charge in [0.1, 0.15) is 0 Å². The summed E-state index contributed by atoms with van der Waals surface area (Å²) < 4.78 is 1.68. The summed E-state index contributed by atoms with van der Waals surface area (Å²) in [6.07, 6.45) is 0. The van der Waals surface area contributed by atoms with Crippen molar-refractivity contribution in [2.24, 2.45) is 0 Å². The van der Waals surface area contributed by atoms with E-state index < -0.39 is 0 Å². The molecule has 0 fully saturated rings. The van der Waals surface area contributed by atoms with Crippen LogP contribution in [0.25, 0.3) is 0 Å². The number of benzene rings is 1. The Morgan fingerprint density at radius 2 is 2.00 bits per heavy atom. The van der Waals surface area contributed by atoms with E-state index in [0.717, 1.165) is 13.9 Å². The average molecular weight is 470 g/mol. The standard InChI is InChI=1S/C12H8Br2ClN3OS2/c13-8-5-9(21-10(8)14)11(19)17-18-12(20)16-7-3-1-2-6(15)4-7/h1-5H,(H,17,19)(H2,16,18,20). The van der Waals surface area contributed by atoms with E-state index in [1.54, 1.807) is 24.3 Å². The lowest BCUT2D eigenvalue weighted by atomic mass is 10.3. The van der Waals surface area contributed by atoms with Gasteiger partial charge in [-0.25, -0.2) is 0 Å². The molecule has 0 bridgehead atoms. The fourth-order valence-corrected chi connectivity index (χ4v) is 3.65. The number of thiophene rings is 1. The number of thiocarbonyl (C=S) groups is 1. The second-order valence-corrected chi connectivity index (χ2v) is 7.85. The molecule has 9 heteroatoms. The summed E-state index contributed by atoms with van der Waals surface area (Å²) in [5.41, 5.74) is 5.88. The second kappa shape index (κ2) is 7.55. The molecule has 0 saturated heterocycles. The molecule has 2 aromatic rings. The molecule has 1 heterocycles. The Labute approximate surface area is 152 Å². The number of anilines is 1. The van der Waals surface area contributed by atoms with Gasteiger partial charge in [-0.3, -0.25) is 15.6 Å². The van der Waals surface area contributed by atoms with Crippen molar-refractivity contribution < 1.29 is 4.79 Å². The Morgan fingerprint density at radius 1 is 1.24 bits per heavy atom. The fourth-order valence-electron chi connectivity index (χ4n) is 1.36. The molecule has 0 aliphatic carbocycles. The van der Waals surface area contributed by atoms with Gasteiger partial charge < -0.3 is 5.32 Å². The predicted octanol–water partition coefficient (Wildman–Crippen LogP) is 4.56. The van der Waals surface area contributed by atoms with Crippen molar-refractivity contribution in [3.63, 3.8) is 0 Å². The summed E-state index contributed by atoms with van der Waals surface area (Å²) in [6, 6.07) is 8.82. The zero-order valence-corrected chi connectivity index (χ0v) is 15.8. The van der Waals surface area contributed by atoms with Crippen LogP contribution in [0.4, 0.5) is 5.69 Å². The first-order valence-electron chi connectivity index (χ1n) is 5.53. The first-order chi connectivity index (χ1) is 9.95. The zero-order valence-electron chi connectivity index (χ0n) is 10.2. The van der Waals surface area contributed by atoms with E-state index in [-0.39, 0.29) is 11.0 Å². The van der Waals surface area contributed by atoms with Crippen molar-refractivity contribution in [2.75, 3.05) is 5.32 Å². The highest BCUT2D eigenvalue weighted by atomic mass is 79.9. The molecule has 0 atom stereocenters. The highest BCUT2D eigenvalue weighted by Gasteiger charge is 2.12. The van der Waals surface area contributed by atoms with Crippen LogP contribution in [0.5, 0.6) is 0 Å². The van der Waals surface area contributed by atoms with E-state index in [0.29, 0.717) is 9.90 Å². The molecule has 0 spiro atoms. The smallest absolute Gasteiger partial charge is 0.279 e. The summed E-state index contributed by atoms with van der Waals surface area (Å²) in [5, 5.41) is 3.77. The summed E-state index contributed by atoms with van der Waals surface area (Å²) in [7, 11) is 0. The van der Waals surface area contributed by atoms with Gasteiger partial charge in [-0.1, -0.05) is 17.7 Å². The zero-order chi connectivity index (χ0) is 15.4. The Morgan fingerprint density at radius 3 is 2.62 bits per heavy atom. The van der Waals surface area contributed by atoms with Crippen molar-refractivity contribution in [3.05, 3.63) is 48.5 Å². The molecule has 0 aliphatic heterocycles. The Balaban J connectivity index is 1.88. The van der Waals surface area contributed by atoms with Crippen LogP contribution < -0.4 is 16.2 Å².